The second-order valence-corrected chi connectivity index (χ2v) is 8.26. The van der Waals surface area contributed by atoms with Crippen LogP contribution in [0.4, 0.5) is 4.79 Å². The quantitative estimate of drug-likeness (QED) is 0.806. The Morgan fingerprint density at radius 3 is 2.24 bits per heavy atom. The van der Waals surface area contributed by atoms with Crippen molar-refractivity contribution in [2.75, 3.05) is 0 Å². The highest BCUT2D eigenvalue weighted by atomic mass is 16.6. The van der Waals surface area contributed by atoms with Crippen LogP contribution in [0.15, 0.2) is 0 Å². The molecule has 2 fully saturated rings. The fourth-order valence-corrected chi connectivity index (χ4v) is 3.90. The molecule has 2 aliphatic rings. The molecule has 142 valence electrons. The van der Waals surface area contributed by atoms with Gasteiger partial charge in [0.05, 0.1) is 0 Å². The van der Waals surface area contributed by atoms with Gasteiger partial charge < -0.3 is 20.7 Å². The van der Waals surface area contributed by atoms with Gasteiger partial charge in [0.1, 0.15) is 17.7 Å². The van der Waals surface area contributed by atoms with Crippen molar-refractivity contribution < 1.29 is 19.1 Å². The van der Waals surface area contributed by atoms with E-state index in [1.54, 1.807) is 25.7 Å². The summed E-state index contributed by atoms with van der Waals surface area (Å²) in [5.74, 6) is -0.631. The molecule has 0 aromatic rings. The lowest BCUT2D eigenvalue weighted by Gasteiger charge is -2.33. The van der Waals surface area contributed by atoms with Gasteiger partial charge in [-0.05, 0) is 59.3 Å². The van der Waals surface area contributed by atoms with Crippen molar-refractivity contribution in [2.24, 2.45) is 11.7 Å². The van der Waals surface area contributed by atoms with E-state index >= 15 is 0 Å². The van der Waals surface area contributed by atoms with Crippen molar-refractivity contribution in [3.8, 4) is 0 Å². The molecule has 3 amide bonds. The summed E-state index contributed by atoms with van der Waals surface area (Å²) in [5.41, 5.74) is 4.85. The first kappa shape index (κ1) is 19.5. The third kappa shape index (κ3) is 4.86. The van der Waals surface area contributed by atoms with Gasteiger partial charge in [-0.3, -0.25) is 9.59 Å². The molecular weight excluding hydrogens is 322 g/mol. The summed E-state index contributed by atoms with van der Waals surface area (Å²) in [5, 5.41) is 2.77. The molecule has 1 saturated carbocycles. The second kappa shape index (κ2) is 7.62. The van der Waals surface area contributed by atoms with Crippen molar-refractivity contribution in [1.29, 1.82) is 0 Å². The van der Waals surface area contributed by atoms with Crippen LogP contribution in [-0.4, -0.2) is 46.5 Å². The van der Waals surface area contributed by atoms with Crippen LogP contribution in [-0.2, 0) is 14.3 Å². The summed E-state index contributed by atoms with van der Waals surface area (Å²) in [6.45, 7) is 7.26. The lowest BCUT2D eigenvalue weighted by atomic mass is 9.96. The van der Waals surface area contributed by atoms with Gasteiger partial charge in [0.25, 0.3) is 0 Å². The number of nitrogens with two attached hydrogens (primary N) is 1. The van der Waals surface area contributed by atoms with E-state index in [-0.39, 0.29) is 17.9 Å². The minimum Gasteiger partial charge on any atom is -0.444 e. The molecule has 1 saturated heterocycles. The molecular formula is C18H31N3O4. The van der Waals surface area contributed by atoms with Crippen LogP contribution in [0.5, 0.6) is 0 Å². The van der Waals surface area contributed by atoms with Crippen molar-refractivity contribution in [2.45, 2.75) is 89.9 Å². The average Bonchev–Trinajstić information content (AvgIpc) is 3.11. The lowest BCUT2D eigenvalue weighted by molar-refractivity contribution is -0.141. The van der Waals surface area contributed by atoms with Crippen LogP contribution in [0.3, 0.4) is 0 Å². The summed E-state index contributed by atoms with van der Waals surface area (Å²) in [7, 11) is 0. The Labute approximate surface area is 149 Å². The third-order valence-electron chi connectivity index (χ3n) is 5.06. The number of amides is 3. The number of nitrogens with one attached hydrogen (secondary N) is 1. The summed E-state index contributed by atoms with van der Waals surface area (Å²) in [4.78, 5) is 38.8. The third-order valence-corrected chi connectivity index (χ3v) is 5.06. The maximum atomic E-state index is 13.2. The summed E-state index contributed by atoms with van der Waals surface area (Å²) in [6, 6.07) is -1.32. The van der Waals surface area contributed by atoms with Crippen LogP contribution >= 0.6 is 0 Å². The molecule has 1 heterocycles. The maximum absolute atomic E-state index is 13.2. The zero-order valence-corrected chi connectivity index (χ0v) is 15.7. The van der Waals surface area contributed by atoms with Gasteiger partial charge in [0.2, 0.25) is 11.8 Å². The second-order valence-electron chi connectivity index (χ2n) is 8.26. The number of carbonyl (C=O) groups excluding carboxylic acids is 3. The monoisotopic (exact) mass is 353 g/mol. The molecule has 0 bridgehead atoms. The SMILES string of the molecule is CC1CCC(C(N)=O)N1C(=O)[C@@H](NC(=O)OC(C)(C)C)C1CCCC1. The van der Waals surface area contributed by atoms with E-state index < -0.39 is 29.7 Å². The predicted octanol–water partition coefficient (Wildman–Crippen LogP) is 1.93. The molecule has 25 heavy (non-hydrogen) atoms. The van der Waals surface area contributed by atoms with Gasteiger partial charge in [-0.1, -0.05) is 12.8 Å². The summed E-state index contributed by atoms with van der Waals surface area (Å²) >= 11 is 0. The number of alkyl carbamates (subject to hydrolysis) is 1. The van der Waals surface area contributed by atoms with Crippen molar-refractivity contribution in [1.82, 2.24) is 10.2 Å². The van der Waals surface area contributed by atoms with Crippen LogP contribution in [0.1, 0.15) is 66.2 Å². The number of hydrogen-bond acceptors (Lipinski definition) is 4. The molecule has 0 radical (unpaired) electrons. The molecule has 7 nitrogen and oxygen atoms in total. The number of likely N-dealkylation sites (tertiary alicyclic amines) is 1. The van der Waals surface area contributed by atoms with E-state index in [9.17, 15) is 14.4 Å². The van der Waals surface area contributed by atoms with Gasteiger partial charge in [-0.25, -0.2) is 4.79 Å². The predicted molar refractivity (Wildman–Crippen MR) is 93.6 cm³/mol. The topological polar surface area (TPSA) is 102 Å². The molecule has 1 aliphatic carbocycles. The van der Waals surface area contributed by atoms with Crippen molar-refractivity contribution in [3.05, 3.63) is 0 Å². The fourth-order valence-electron chi connectivity index (χ4n) is 3.90. The van der Waals surface area contributed by atoms with E-state index in [2.05, 4.69) is 5.32 Å². The molecule has 2 rings (SSSR count). The molecule has 1 aliphatic heterocycles. The zero-order valence-electron chi connectivity index (χ0n) is 15.7. The molecule has 0 aromatic carbocycles. The molecule has 3 atom stereocenters. The van der Waals surface area contributed by atoms with Gasteiger partial charge in [0.15, 0.2) is 0 Å². The number of nitrogens with zero attached hydrogens (tertiary/aromatic N) is 1. The van der Waals surface area contributed by atoms with Crippen LogP contribution in [0, 0.1) is 5.92 Å². The van der Waals surface area contributed by atoms with Gasteiger partial charge in [-0.15, -0.1) is 0 Å². The molecule has 7 heteroatoms. The molecule has 3 N–H and O–H groups in total. The molecule has 0 spiro atoms. The van der Waals surface area contributed by atoms with Crippen molar-refractivity contribution >= 4 is 17.9 Å². The normalized spacial score (nSPS) is 25.7. The highest BCUT2D eigenvalue weighted by Crippen LogP contribution is 2.32. The van der Waals surface area contributed by atoms with E-state index in [0.29, 0.717) is 6.42 Å². The molecule has 2 unspecified atom stereocenters. The number of ether oxygens (including phenoxy) is 1. The fraction of sp³-hybridized carbons (Fsp3) is 0.833. The first-order chi connectivity index (χ1) is 11.6. The van der Waals surface area contributed by atoms with Crippen LogP contribution in [0.25, 0.3) is 0 Å². The van der Waals surface area contributed by atoms with Crippen LogP contribution in [0.2, 0.25) is 0 Å². The first-order valence-electron chi connectivity index (χ1n) is 9.21. The zero-order chi connectivity index (χ0) is 18.8. The maximum Gasteiger partial charge on any atom is 0.408 e. The van der Waals surface area contributed by atoms with E-state index in [0.717, 1.165) is 32.1 Å². The highest BCUT2D eigenvalue weighted by molar-refractivity contribution is 5.91. The largest absolute Gasteiger partial charge is 0.444 e. The van der Waals surface area contributed by atoms with Gasteiger partial charge >= 0.3 is 6.09 Å². The lowest BCUT2D eigenvalue weighted by Crippen LogP contribution is -2.57. The number of hydrogen-bond donors (Lipinski definition) is 2. The number of rotatable bonds is 4. The van der Waals surface area contributed by atoms with Crippen LogP contribution < -0.4 is 11.1 Å². The van der Waals surface area contributed by atoms with E-state index in [4.69, 9.17) is 10.5 Å². The van der Waals surface area contributed by atoms with Gasteiger partial charge in [0, 0.05) is 6.04 Å². The Bertz CT molecular complexity index is 523. The Morgan fingerprint density at radius 2 is 1.72 bits per heavy atom. The summed E-state index contributed by atoms with van der Waals surface area (Å²) < 4.78 is 5.33. The van der Waals surface area contributed by atoms with Gasteiger partial charge in [-0.2, -0.15) is 0 Å². The van der Waals surface area contributed by atoms with Crippen molar-refractivity contribution in [3.63, 3.8) is 0 Å². The Hall–Kier alpha value is -1.79. The number of primary amides is 1. The average molecular weight is 353 g/mol. The number of carbonyl (C=O) groups is 3. The standard InChI is InChI=1S/C18H31N3O4/c1-11-9-10-13(15(19)22)21(11)16(23)14(12-7-5-6-8-12)20-17(24)25-18(2,3)4/h11-14H,5-10H2,1-4H3,(H2,19,22)(H,20,24)/t11?,13?,14-/m0/s1. The van der Waals surface area contributed by atoms with E-state index in [1.165, 1.54) is 0 Å². The highest BCUT2D eigenvalue weighted by Gasteiger charge is 2.43. The first-order valence-corrected chi connectivity index (χ1v) is 9.21. The Morgan fingerprint density at radius 1 is 1.12 bits per heavy atom. The smallest absolute Gasteiger partial charge is 0.408 e. The summed E-state index contributed by atoms with van der Waals surface area (Å²) in [6.07, 6.45) is 4.57. The minimum atomic E-state index is -0.667. The molecule has 0 aromatic heterocycles. The minimum absolute atomic E-state index is 0.0608. The Balaban J connectivity index is 2.18. The van der Waals surface area contributed by atoms with E-state index in [1.807, 2.05) is 6.92 Å². The Kier molecular flexibility index (Phi) is 5.95.